The number of hydrogen-bond acceptors (Lipinski definition) is 3. The Bertz CT molecular complexity index is 419. The molecule has 2 fully saturated rings. The van der Waals surface area contributed by atoms with E-state index in [4.69, 9.17) is 4.55 Å². The highest BCUT2D eigenvalue weighted by atomic mass is 32.2. The van der Waals surface area contributed by atoms with Gasteiger partial charge in [-0.15, -0.1) is 0 Å². The van der Waals surface area contributed by atoms with Gasteiger partial charge in [0.1, 0.15) is 0 Å². The SMILES string of the molecule is CC1CC2CCCC(C(C)NCCCS(=O)(=O)O)(C1)C2. The van der Waals surface area contributed by atoms with Crippen LogP contribution in [0.3, 0.4) is 0 Å². The fraction of sp³-hybridized carbons (Fsp3) is 1.00. The summed E-state index contributed by atoms with van der Waals surface area (Å²) in [7, 11) is -3.81. The monoisotopic (exact) mass is 303 g/mol. The second kappa shape index (κ2) is 6.32. The molecular formula is C15H29NO3S. The van der Waals surface area contributed by atoms with Crippen LogP contribution in [0.5, 0.6) is 0 Å². The third-order valence-electron chi connectivity index (χ3n) is 5.42. The van der Waals surface area contributed by atoms with E-state index in [9.17, 15) is 8.42 Å². The van der Waals surface area contributed by atoms with E-state index in [2.05, 4.69) is 19.2 Å². The van der Waals surface area contributed by atoms with Crippen LogP contribution >= 0.6 is 0 Å². The molecular weight excluding hydrogens is 274 g/mol. The van der Waals surface area contributed by atoms with Gasteiger partial charge < -0.3 is 5.32 Å². The average Bonchev–Trinajstić information content (AvgIpc) is 2.32. The minimum absolute atomic E-state index is 0.140. The Morgan fingerprint density at radius 2 is 2.15 bits per heavy atom. The van der Waals surface area contributed by atoms with Crippen LogP contribution in [-0.2, 0) is 10.1 Å². The topological polar surface area (TPSA) is 66.4 Å². The van der Waals surface area contributed by atoms with E-state index in [1.165, 1.54) is 38.5 Å². The van der Waals surface area contributed by atoms with E-state index in [0.29, 0.717) is 24.4 Å². The van der Waals surface area contributed by atoms with Gasteiger partial charge in [0.05, 0.1) is 5.75 Å². The lowest BCUT2D eigenvalue weighted by molar-refractivity contribution is 0.0166. The van der Waals surface area contributed by atoms with Gasteiger partial charge in [0.25, 0.3) is 10.1 Å². The predicted molar refractivity (Wildman–Crippen MR) is 81.3 cm³/mol. The molecule has 0 aliphatic heterocycles. The van der Waals surface area contributed by atoms with Gasteiger partial charge in [-0.05, 0) is 62.8 Å². The van der Waals surface area contributed by atoms with Crippen molar-refractivity contribution in [2.24, 2.45) is 17.3 Å². The minimum atomic E-state index is -3.81. The number of hydrogen-bond donors (Lipinski definition) is 2. The molecule has 4 nitrogen and oxygen atoms in total. The first-order valence-electron chi connectivity index (χ1n) is 7.99. The normalized spacial score (nSPS) is 35.8. The van der Waals surface area contributed by atoms with Crippen LogP contribution in [0, 0.1) is 17.3 Å². The molecule has 0 aromatic carbocycles. The van der Waals surface area contributed by atoms with Gasteiger partial charge in [-0.2, -0.15) is 8.42 Å². The van der Waals surface area contributed by atoms with Gasteiger partial charge in [0.15, 0.2) is 0 Å². The first-order valence-corrected chi connectivity index (χ1v) is 9.60. The van der Waals surface area contributed by atoms with Crippen molar-refractivity contribution in [2.75, 3.05) is 12.3 Å². The van der Waals surface area contributed by atoms with Gasteiger partial charge in [-0.1, -0.05) is 19.8 Å². The zero-order valence-corrected chi connectivity index (χ0v) is 13.6. The molecule has 0 spiro atoms. The Balaban J connectivity index is 1.85. The molecule has 0 saturated heterocycles. The van der Waals surface area contributed by atoms with Crippen LogP contribution in [0.4, 0.5) is 0 Å². The van der Waals surface area contributed by atoms with Crippen molar-refractivity contribution in [2.45, 2.75) is 64.8 Å². The molecule has 2 bridgehead atoms. The summed E-state index contributed by atoms with van der Waals surface area (Å²) in [5.74, 6) is 1.57. The molecule has 0 aromatic heterocycles. The third kappa shape index (κ3) is 4.18. The summed E-state index contributed by atoms with van der Waals surface area (Å²) in [6, 6.07) is 0.439. The largest absolute Gasteiger partial charge is 0.314 e. The van der Waals surface area contributed by atoms with Crippen LogP contribution in [0.2, 0.25) is 0 Å². The van der Waals surface area contributed by atoms with Crippen molar-refractivity contribution in [3.63, 3.8) is 0 Å². The average molecular weight is 303 g/mol. The summed E-state index contributed by atoms with van der Waals surface area (Å²) in [5, 5.41) is 3.52. The summed E-state index contributed by atoms with van der Waals surface area (Å²) in [4.78, 5) is 0. The quantitative estimate of drug-likeness (QED) is 0.585. The van der Waals surface area contributed by atoms with Gasteiger partial charge >= 0.3 is 0 Å². The van der Waals surface area contributed by atoms with Crippen molar-refractivity contribution in [3.8, 4) is 0 Å². The van der Waals surface area contributed by atoms with Crippen LogP contribution in [0.1, 0.15) is 58.8 Å². The molecule has 4 atom stereocenters. The predicted octanol–water partition coefficient (Wildman–Crippen LogP) is 2.85. The van der Waals surface area contributed by atoms with Gasteiger partial charge in [-0.25, -0.2) is 0 Å². The Labute approximate surface area is 123 Å². The van der Waals surface area contributed by atoms with E-state index in [0.717, 1.165) is 11.8 Å². The second-order valence-electron chi connectivity index (χ2n) is 7.19. The molecule has 0 heterocycles. The van der Waals surface area contributed by atoms with Crippen LogP contribution in [-0.4, -0.2) is 31.3 Å². The summed E-state index contributed by atoms with van der Waals surface area (Å²) in [6.07, 6.45) is 8.55. The molecule has 2 rings (SSSR count). The number of nitrogens with one attached hydrogen (secondary N) is 1. The summed E-state index contributed by atoms with van der Waals surface area (Å²) >= 11 is 0. The maximum atomic E-state index is 10.7. The van der Waals surface area contributed by atoms with E-state index >= 15 is 0 Å². The summed E-state index contributed by atoms with van der Waals surface area (Å²) in [5.41, 5.74) is 0.415. The van der Waals surface area contributed by atoms with Crippen LogP contribution < -0.4 is 5.32 Å². The van der Waals surface area contributed by atoms with E-state index in [-0.39, 0.29) is 5.75 Å². The van der Waals surface area contributed by atoms with Crippen LogP contribution in [0.15, 0.2) is 0 Å². The van der Waals surface area contributed by atoms with Crippen molar-refractivity contribution < 1.29 is 13.0 Å². The first-order chi connectivity index (χ1) is 9.31. The number of rotatable bonds is 6. The fourth-order valence-electron chi connectivity index (χ4n) is 4.61. The van der Waals surface area contributed by atoms with Crippen molar-refractivity contribution in [1.82, 2.24) is 5.32 Å². The highest BCUT2D eigenvalue weighted by Gasteiger charge is 2.44. The molecule has 4 unspecified atom stereocenters. The molecule has 2 N–H and O–H groups in total. The molecule has 0 radical (unpaired) electrons. The highest BCUT2D eigenvalue weighted by molar-refractivity contribution is 7.85. The van der Waals surface area contributed by atoms with Gasteiger partial charge in [0, 0.05) is 6.04 Å². The molecule has 118 valence electrons. The van der Waals surface area contributed by atoms with Crippen molar-refractivity contribution in [1.29, 1.82) is 0 Å². The Hall–Kier alpha value is -0.130. The molecule has 2 aliphatic rings. The Morgan fingerprint density at radius 3 is 2.85 bits per heavy atom. The number of fused-ring (bicyclic) bond motifs is 2. The molecule has 5 heteroatoms. The second-order valence-corrected chi connectivity index (χ2v) is 8.76. The van der Waals surface area contributed by atoms with E-state index in [1.807, 2.05) is 0 Å². The molecule has 20 heavy (non-hydrogen) atoms. The van der Waals surface area contributed by atoms with E-state index in [1.54, 1.807) is 0 Å². The fourth-order valence-corrected chi connectivity index (χ4v) is 5.12. The van der Waals surface area contributed by atoms with Crippen molar-refractivity contribution >= 4 is 10.1 Å². The lowest BCUT2D eigenvalue weighted by Gasteiger charge is -2.51. The zero-order chi connectivity index (χ0) is 14.8. The van der Waals surface area contributed by atoms with Crippen molar-refractivity contribution in [3.05, 3.63) is 0 Å². The maximum Gasteiger partial charge on any atom is 0.264 e. The maximum absolute atomic E-state index is 10.7. The molecule has 2 aliphatic carbocycles. The van der Waals surface area contributed by atoms with Gasteiger partial charge in [-0.3, -0.25) is 4.55 Å². The standard InChI is InChI=1S/C15H29NO3S/c1-12-9-14-5-3-6-15(10-12,11-14)13(2)16-7-4-8-20(17,18)19/h12-14,16H,3-11H2,1-2H3,(H,17,18,19). The smallest absolute Gasteiger partial charge is 0.264 e. The Morgan fingerprint density at radius 1 is 1.40 bits per heavy atom. The lowest BCUT2D eigenvalue weighted by atomic mass is 9.56. The first kappa shape index (κ1) is 16.2. The summed E-state index contributed by atoms with van der Waals surface area (Å²) in [6.45, 7) is 5.30. The molecule has 0 amide bonds. The highest BCUT2D eigenvalue weighted by Crippen LogP contribution is 2.52. The molecule has 2 saturated carbocycles. The minimum Gasteiger partial charge on any atom is -0.314 e. The van der Waals surface area contributed by atoms with Gasteiger partial charge in [0.2, 0.25) is 0 Å². The lowest BCUT2D eigenvalue weighted by Crippen LogP contribution is -2.49. The molecule has 0 aromatic rings. The zero-order valence-electron chi connectivity index (χ0n) is 12.8. The Kier molecular flexibility index (Phi) is 5.14. The summed E-state index contributed by atoms with van der Waals surface area (Å²) < 4.78 is 30.2. The van der Waals surface area contributed by atoms with Crippen LogP contribution in [0.25, 0.3) is 0 Å². The van der Waals surface area contributed by atoms with E-state index < -0.39 is 10.1 Å². The third-order valence-corrected chi connectivity index (χ3v) is 6.23.